The maximum absolute atomic E-state index is 11.7. The third kappa shape index (κ3) is 4.44. The summed E-state index contributed by atoms with van der Waals surface area (Å²) in [5, 5.41) is 8.77. The highest BCUT2D eigenvalue weighted by atomic mass is 32.2. The number of hydrogen-bond donors (Lipinski definition) is 2. The van der Waals surface area contributed by atoms with Crippen LogP contribution in [0.2, 0.25) is 0 Å². The van der Waals surface area contributed by atoms with Gasteiger partial charge in [0.05, 0.1) is 6.61 Å². The van der Waals surface area contributed by atoms with Gasteiger partial charge in [-0.1, -0.05) is 13.8 Å². The van der Waals surface area contributed by atoms with Crippen LogP contribution in [0.3, 0.4) is 0 Å². The molecule has 0 saturated carbocycles. The average molecular weight is 254 g/mol. The molecule has 0 radical (unpaired) electrons. The Morgan fingerprint density at radius 1 is 1.44 bits per heavy atom. The van der Waals surface area contributed by atoms with Gasteiger partial charge in [-0.2, -0.15) is 17.4 Å². The molecule has 0 spiro atoms. The first-order valence-corrected chi connectivity index (χ1v) is 6.32. The molecule has 0 aromatic heterocycles. The van der Waals surface area contributed by atoms with E-state index in [2.05, 4.69) is 9.46 Å². The van der Waals surface area contributed by atoms with Crippen LogP contribution < -0.4 is 4.72 Å². The second-order valence-electron chi connectivity index (χ2n) is 3.05. The van der Waals surface area contributed by atoms with Crippen molar-refractivity contribution in [3.8, 4) is 0 Å². The average Bonchev–Trinajstić information content (AvgIpc) is 2.18. The van der Waals surface area contributed by atoms with E-state index < -0.39 is 22.2 Å². The van der Waals surface area contributed by atoms with Crippen molar-refractivity contribution in [3.05, 3.63) is 0 Å². The lowest BCUT2D eigenvalue weighted by Crippen LogP contribution is -2.50. The van der Waals surface area contributed by atoms with E-state index in [1.165, 1.54) is 7.11 Å². The second kappa shape index (κ2) is 6.79. The molecule has 96 valence electrons. The summed E-state index contributed by atoms with van der Waals surface area (Å²) in [6.45, 7) is 3.70. The highest BCUT2D eigenvalue weighted by Crippen LogP contribution is 1.99. The van der Waals surface area contributed by atoms with Crippen molar-refractivity contribution in [3.63, 3.8) is 0 Å². The highest BCUT2D eigenvalue weighted by molar-refractivity contribution is 7.87. The summed E-state index contributed by atoms with van der Waals surface area (Å²) < 4.78 is 31.2. The number of carboxylic acid groups (broad SMARTS) is 1. The molecule has 0 fully saturated rings. The molecule has 16 heavy (non-hydrogen) atoms. The predicted molar refractivity (Wildman–Crippen MR) is 58.3 cm³/mol. The summed E-state index contributed by atoms with van der Waals surface area (Å²) in [5.74, 6) is -1.27. The van der Waals surface area contributed by atoms with Crippen molar-refractivity contribution in [1.29, 1.82) is 0 Å². The zero-order valence-corrected chi connectivity index (χ0v) is 10.5. The number of carbonyl (C=O) groups is 1. The van der Waals surface area contributed by atoms with Gasteiger partial charge in [-0.25, -0.2) is 0 Å². The van der Waals surface area contributed by atoms with Crippen LogP contribution in [0.1, 0.15) is 13.8 Å². The Kier molecular flexibility index (Phi) is 6.49. The van der Waals surface area contributed by atoms with E-state index in [0.717, 1.165) is 4.31 Å². The molecule has 0 aromatic rings. The summed E-state index contributed by atoms with van der Waals surface area (Å²) in [7, 11) is -2.46. The van der Waals surface area contributed by atoms with E-state index in [-0.39, 0.29) is 19.7 Å². The number of aliphatic carboxylic acids is 1. The molecular formula is C8H18N2O5S. The van der Waals surface area contributed by atoms with E-state index in [1.54, 1.807) is 13.8 Å². The number of carboxylic acids is 1. The van der Waals surface area contributed by atoms with Gasteiger partial charge in [0.25, 0.3) is 10.2 Å². The van der Waals surface area contributed by atoms with E-state index >= 15 is 0 Å². The van der Waals surface area contributed by atoms with Gasteiger partial charge in [-0.15, -0.1) is 0 Å². The van der Waals surface area contributed by atoms with E-state index in [1.807, 2.05) is 0 Å². The van der Waals surface area contributed by atoms with Crippen molar-refractivity contribution < 1.29 is 23.1 Å². The molecule has 7 nitrogen and oxygen atoms in total. The van der Waals surface area contributed by atoms with Gasteiger partial charge >= 0.3 is 5.97 Å². The molecule has 0 aliphatic carbocycles. The molecule has 0 bridgehead atoms. The Morgan fingerprint density at radius 3 is 2.25 bits per heavy atom. The molecule has 0 aliphatic heterocycles. The first-order valence-electron chi connectivity index (χ1n) is 4.88. The molecule has 2 N–H and O–H groups in total. The maximum atomic E-state index is 11.7. The predicted octanol–water partition coefficient (Wildman–Crippen LogP) is -0.738. The molecule has 0 heterocycles. The van der Waals surface area contributed by atoms with Crippen molar-refractivity contribution in [2.45, 2.75) is 19.9 Å². The summed E-state index contributed by atoms with van der Waals surface area (Å²) in [4.78, 5) is 10.7. The largest absolute Gasteiger partial charge is 0.480 e. The smallest absolute Gasteiger partial charge is 0.324 e. The fourth-order valence-corrected chi connectivity index (χ4v) is 2.50. The van der Waals surface area contributed by atoms with E-state index in [4.69, 9.17) is 5.11 Å². The zero-order chi connectivity index (χ0) is 12.8. The minimum Gasteiger partial charge on any atom is -0.480 e. The number of methoxy groups -OCH3 is 1. The fourth-order valence-electron chi connectivity index (χ4n) is 1.14. The molecule has 0 aromatic carbocycles. The van der Waals surface area contributed by atoms with E-state index in [9.17, 15) is 13.2 Å². The molecule has 1 unspecified atom stereocenters. The molecular weight excluding hydrogens is 236 g/mol. The van der Waals surface area contributed by atoms with Gasteiger partial charge in [0.15, 0.2) is 0 Å². The number of nitrogens with one attached hydrogen (secondary N) is 1. The van der Waals surface area contributed by atoms with Crippen LogP contribution in [0.5, 0.6) is 0 Å². The van der Waals surface area contributed by atoms with Crippen molar-refractivity contribution in [1.82, 2.24) is 9.03 Å². The fraction of sp³-hybridized carbons (Fsp3) is 0.875. The quantitative estimate of drug-likeness (QED) is 0.595. The minimum absolute atomic E-state index is 0.212. The normalized spacial score (nSPS) is 14.0. The standard InChI is InChI=1S/C8H18N2O5S/c1-4-10(5-2)16(13,14)9-7(6-15-3)8(11)12/h7,9H,4-6H2,1-3H3,(H,11,12). The van der Waals surface area contributed by atoms with Crippen LogP contribution in [0.15, 0.2) is 0 Å². The third-order valence-electron chi connectivity index (χ3n) is 1.97. The van der Waals surface area contributed by atoms with Crippen LogP contribution in [0.25, 0.3) is 0 Å². The number of nitrogens with zero attached hydrogens (tertiary/aromatic N) is 1. The van der Waals surface area contributed by atoms with Gasteiger partial charge in [0, 0.05) is 20.2 Å². The molecule has 0 aliphatic rings. The van der Waals surface area contributed by atoms with Gasteiger partial charge in [-0.3, -0.25) is 4.79 Å². The molecule has 0 rings (SSSR count). The van der Waals surface area contributed by atoms with Crippen LogP contribution in [-0.4, -0.2) is 56.6 Å². The van der Waals surface area contributed by atoms with Gasteiger partial charge in [0.1, 0.15) is 6.04 Å². The molecule has 0 amide bonds. The Balaban J connectivity index is 4.71. The summed E-state index contributed by atoms with van der Waals surface area (Å²) >= 11 is 0. The monoisotopic (exact) mass is 254 g/mol. The lowest BCUT2D eigenvalue weighted by molar-refractivity contribution is -0.140. The molecule has 0 saturated heterocycles. The topological polar surface area (TPSA) is 95.9 Å². The van der Waals surface area contributed by atoms with Crippen molar-refractivity contribution in [2.75, 3.05) is 26.8 Å². The van der Waals surface area contributed by atoms with Crippen LogP contribution >= 0.6 is 0 Å². The zero-order valence-electron chi connectivity index (χ0n) is 9.63. The number of rotatable bonds is 8. The lowest BCUT2D eigenvalue weighted by atomic mass is 10.3. The maximum Gasteiger partial charge on any atom is 0.324 e. The van der Waals surface area contributed by atoms with Gasteiger partial charge < -0.3 is 9.84 Å². The minimum atomic E-state index is -3.77. The lowest BCUT2D eigenvalue weighted by Gasteiger charge is -2.21. The number of ether oxygens (including phenoxy) is 1. The first kappa shape index (κ1) is 15.3. The van der Waals surface area contributed by atoms with Crippen molar-refractivity contribution >= 4 is 16.2 Å². The highest BCUT2D eigenvalue weighted by Gasteiger charge is 2.27. The Bertz CT molecular complexity index is 312. The SMILES string of the molecule is CCN(CC)S(=O)(=O)NC(COC)C(=O)O. The van der Waals surface area contributed by atoms with Gasteiger partial charge in [0.2, 0.25) is 0 Å². The molecule has 8 heteroatoms. The third-order valence-corrected chi connectivity index (χ3v) is 3.75. The Labute approximate surface area is 95.6 Å². The number of hydrogen-bond acceptors (Lipinski definition) is 4. The van der Waals surface area contributed by atoms with Crippen LogP contribution in [0.4, 0.5) is 0 Å². The van der Waals surface area contributed by atoms with Gasteiger partial charge in [-0.05, 0) is 0 Å². The van der Waals surface area contributed by atoms with Crippen LogP contribution in [0, 0.1) is 0 Å². The second-order valence-corrected chi connectivity index (χ2v) is 4.76. The summed E-state index contributed by atoms with van der Waals surface area (Å²) in [6, 6.07) is -1.27. The summed E-state index contributed by atoms with van der Waals surface area (Å²) in [6.07, 6.45) is 0. The molecule has 1 atom stereocenters. The Morgan fingerprint density at radius 2 is 1.94 bits per heavy atom. The first-order chi connectivity index (χ1) is 7.38. The Hall–Kier alpha value is -0.700. The summed E-state index contributed by atoms with van der Waals surface area (Å²) in [5.41, 5.74) is 0. The van der Waals surface area contributed by atoms with Crippen LogP contribution in [-0.2, 0) is 19.7 Å². The van der Waals surface area contributed by atoms with Crippen molar-refractivity contribution in [2.24, 2.45) is 0 Å². The van der Waals surface area contributed by atoms with E-state index in [0.29, 0.717) is 0 Å².